The van der Waals surface area contributed by atoms with Gasteiger partial charge in [0.15, 0.2) is 11.5 Å². The Morgan fingerprint density at radius 3 is 2.84 bits per heavy atom. The van der Waals surface area contributed by atoms with Crippen molar-refractivity contribution >= 4 is 11.3 Å². The monoisotopic (exact) mass is 276 g/mol. The molecule has 1 aromatic heterocycles. The second-order valence-corrected chi connectivity index (χ2v) is 5.52. The molecule has 2 heterocycles. The van der Waals surface area contributed by atoms with Gasteiger partial charge in [0, 0.05) is 17.6 Å². The number of benzene rings is 1. The van der Waals surface area contributed by atoms with E-state index < -0.39 is 0 Å². The van der Waals surface area contributed by atoms with E-state index in [0.29, 0.717) is 6.79 Å². The van der Waals surface area contributed by atoms with Crippen LogP contribution in [0, 0.1) is 0 Å². The maximum absolute atomic E-state index is 5.41. The van der Waals surface area contributed by atoms with Crippen LogP contribution in [0.15, 0.2) is 29.8 Å². The Bertz CT molecular complexity index is 557. The fraction of sp³-hybridized carbons (Fsp3) is 0.357. The van der Waals surface area contributed by atoms with E-state index in [-0.39, 0.29) is 12.1 Å². The maximum Gasteiger partial charge on any atom is 0.231 e. The van der Waals surface area contributed by atoms with Gasteiger partial charge in [0.1, 0.15) is 5.01 Å². The molecule has 2 aromatic rings. The number of rotatable bonds is 4. The van der Waals surface area contributed by atoms with Crippen LogP contribution in [0.2, 0.25) is 0 Å². The molecule has 0 aliphatic carbocycles. The van der Waals surface area contributed by atoms with Gasteiger partial charge in [-0.25, -0.2) is 4.98 Å². The lowest BCUT2D eigenvalue weighted by atomic mass is 10.1. The molecule has 0 saturated heterocycles. The molecule has 0 radical (unpaired) electrons. The number of hydrogen-bond acceptors (Lipinski definition) is 5. The van der Waals surface area contributed by atoms with Gasteiger partial charge in [-0.05, 0) is 31.5 Å². The molecule has 2 atom stereocenters. The number of ether oxygens (including phenoxy) is 2. The van der Waals surface area contributed by atoms with E-state index in [2.05, 4.69) is 30.2 Å². The predicted octanol–water partition coefficient (Wildman–Crippen LogP) is 3.28. The van der Waals surface area contributed by atoms with E-state index in [1.807, 2.05) is 23.7 Å². The fourth-order valence-electron chi connectivity index (χ4n) is 2.17. The average molecular weight is 276 g/mol. The number of fused-ring (bicyclic) bond motifs is 1. The van der Waals surface area contributed by atoms with Crippen molar-refractivity contribution in [1.82, 2.24) is 10.3 Å². The van der Waals surface area contributed by atoms with Crippen LogP contribution in [-0.2, 0) is 0 Å². The normalized spacial score (nSPS) is 16.3. The SMILES string of the molecule is CC(NC(C)c1nccs1)c1ccc2c(c1)OCO2. The summed E-state index contributed by atoms with van der Waals surface area (Å²) < 4.78 is 10.7. The topological polar surface area (TPSA) is 43.4 Å². The highest BCUT2D eigenvalue weighted by Crippen LogP contribution is 2.34. The van der Waals surface area contributed by atoms with E-state index in [4.69, 9.17) is 9.47 Å². The van der Waals surface area contributed by atoms with Crippen molar-refractivity contribution in [3.8, 4) is 11.5 Å². The molecule has 1 aliphatic heterocycles. The van der Waals surface area contributed by atoms with Crippen molar-refractivity contribution < 1.29 is 9.47 Å². The molecule has 4 nitrogen and oxygen atoms in total. The summed E-state index contributed by atoms with van der Waals surface area (Å²) in [5, 5.41) is 6.64. The average Bonchev–Trinajstić information content (AvgIpc) is 3.09. The first kappa shape index (κ1) is 12.4. The van der Waals surface area contributed by atoms with Crippen molar-refractivity contribution in [2.45, 2.75) is 25.9 Å². The Balaban J connectivity index is 1.72. The Morgan fingerprint density at radius 2 is 2.05 bits per heavy atom. The van der Waals surface area contributed by atoms with Crippen LogP contribution in [0.4, 0.5) is 0 Å². The number of hydrogen-bond donors (Lipinski definition) is 1. The van der Waals surface area contributed by atoms with Crippen LogP contribution >= 0.6 is 11.3 Å². The van der Waals surface area contributed by atoms with Crippen LogP contribution in [0.5, 0.6) is 11.5 Å². The Labute approximate surface area is 116 Å². The van der Waals surface area contributed by atoms with Crippen LogP contribution < -0.4 is 14.8 Å². The summed E-state index contributed by atoms with van der Waals surface area (Å²) in [5.41, 5.74) is 1.19. The summed E-state index contributed by atoms with van der Waals surface area (Å²) in [5.74, 6) is 1.65. The van der Waals surface area contributed by atoms with Gasteiger partial charge in [-0.3, -0.25) is 0 Å². The summed E-state index contributed by atoms with van der Waals surface area (Å²) in [6.45, 7) is 4.58. The Hall–Kier alpha value is -1.59. The molecule has 2 unspecified atom stereocenters. The van der Waals surface area contributed by atoms with Gasteiger partial charge in [-0.1, -0.05) is 6.07 Å². The lowest BCUT2D eigenvalue weighted by Gasteiger charge is -2.19. The maximum atomic E-state index is 5.41. The minimum absolute atomic E-state index is 0.230. The molecule has 0 saturated carbocycles. The van der Waals surface area contributed by atoms with Gasteiger partial charge in [0.25, 0.3) is 0 Å². The molecule has 0 bridgehead atoms. The largest absolute Gasteiger partial charge is 0.454 e. The lowest BCUT2D eigenvalue weighted by Crippen LogP contribution is -2.22. The third-order valence-corrected chi connectivity index (χ3v) is 4.18. The molecular formula is C14H16N2O2S. The number of thiazole rings is 1. The minimum atomic E-state index is 0.230. The van der Waals surface area contributed by atoms with Gasteiger partial charge in [0.2, 0.25) is 6.79 Å². The van der Waals surface area contributed by atoms with Crippen molar-refractivity contribution in [2.75, 3.05) is 6.79 Å². The third-order valence-electron chi connectivity index (χ3n) is 3.22. The molecule has 0 amide bonds. The smallest absolute Gasteiger partial charge is 0.231 e. The van der Waals surface area contributed by atoms with E-state index in [1.54, 1.807) is 11.3 Å². The van der Waals surface area contributed by atoms with Gasteiger partial charge in [0.05, 0.1) is 6.04 Å². The van der Waals surface area contributed by atoms with Crippen molar-refractivity contribution in [1.29, 1.82) is 0 Å². The van der Waals surface area contributed by atoms with Crippen molar-refractivity contribution in [3.63, 3.8) is 0 Å². The summed E-state index contributed by atoms with van der Waals surface area (Å²) in [7, 11) is 0. The summed E-state index contributed by atoms with van der Waals surface area (Å²) in [6, 6.07) is 6.53. The minimum Gasteiger partial charge on any atom is -0.454 e. The van der Waals surface area contributed by atoms with Crippen molar-refractivity contribution in [2.24, 2.45) is 0 Å². The molecular weight excluding hydrogens is 260 g/mol. The zero-order valence-electron chi connectivity index (χ0n) is 10.9. The molecule has 0 fully saturated rings. The van der Waals surface area contributed by atoms with Gasteiger partial charge < -0.3 is 14.8 Å². The predicted molar refractivity (Wildman–Crippen MR) is 74.6 cm³/mol. The summed E-state index contributed by atoms with van der Waals surface area (Å²) in [4.78, 5) is 4.33. The molecule has 5 heteroatoms. The first-order valence-electron chi connectivity index (χ1n) is 6.29. The Morgan fingerprint density at radius 1 is 1.21 bits per heavy atom. The number of nitrogens with one attached hydrogen (secondary N) is 1. The highest BCUT2D eigenvalue weighted by Gasteiger charge is 2.17. The fourth-order valence-corrected chi connectivity index (χ4v) is 2.83. The molecule has 1 N–H and O–H groups in total. The lowest BCUT2D eigenvalue weighted by molar-refractivity contribution is 0.174. The zero-order valence-corrected chi connectivity index (χ0v) is 11.7. The van der Waals surface area contributed by atoms with Gasteiger partial charge in [-0.15, -0.1) is 11.3 Å². The summed E-state index contributed by atoms with van der Waals surface area (Å²) in [6.07, 6.45) is 1.84. The van der Waals surface area contributed by atoms with Crippen LogP contribution in [0.3, 0.4) is 0 Å². The first-order chi connectivity index (χ1) is 9.24. The number of aromatic nitrogens is 1. The summed E-state index contributed by atoms with van der Waals surface area (Å²) >= 11 is 1.67. The van der Waals surface area contributed by atoms with Crippen LogP contribution in [0.1, 0.15) is 36.5 Å². The quantitative estimate of drug-likeness (QED) is 0.930. The molecule has 1 aromatic carbocycles. The van der Waals surface area contributed by atoms with Gasteiger partial charge >= 0.3 is 0 Å². The molecule has 100 valence electrons. The Kier molecular flexibility index (Phi) is 3.40. The third kappa shape index (κ3) is 2.57. The molecule has 0 spiro atoms. The highest BCUT2D eigenvalue weighted by molar-refractivity contribution is 7.09. The van der Waals surface area contributed by atoms with Gasteiger partial charge in [-0.2, -0.15) is 0 Å². The van der Waals surface area contributed by atoms with E-state index in [1.165, 1.54) is 5.56 Å². The van der Waals surface area contributed by atoms with E-state index >= 15 is 0 Å². The first-order valence-corrected chi connectivity index (χ1v) is 7.17. The second-order valence-electron chi connectivity index (χ2n) is 4.59. The molecule has 3 rings (SSSR count). The van der Waals surface area contributed by atoms with E-state index in [9.17, 15) is 0 Å². The van der Waals surface area contributed by atoms with E-state index in [0.717, 1.165) is 16.5 Å². The van der Waals surface area contributed by atoms with Crippen molar-refractivity contribution in [3.05, 3.63) is 40.3 Å². The number of nitrogens with zero attached hydrogens (tertiary/aromatic N) is 1. The molecule has 19 heavy (non-hydrogen) atoms. The van der Waals surface area contributed by atoms with Crippen LogP contribution in [-0.4, -0.2) is 11.8 Å². The standard InChI is InChI=1S/C14H16N2O2S/c1-9(16-10(2)14-15-5-6-19-14)11-3-4-12-13(7-11)18-8-17-12/h3-7,9-10,16H,8H2,1-2H3. The second kappa shape index (κ2) is 5.19. The zero-order chi connectivity index (χ0) is 13.2. The van der Waals surface area contributed by atoms with Crippen LogP contribution in [0.25, 0.3) is 0 Å². The molecule has 1 aliphatic rings. The highest BCUT2D eigenvalue weighted by atomic mass is 32.1.